The molecule has 1 atom stereocenters. The van der Waals surface area contributed by atoms with Crippen molar-refractivity contribution in [3.05, 3.63) is 78.4 Å². The molecule has 1 N–H and O–H groups in total. The van der Waals surface area contributed by atoms with Crippen LogP contribution in [-0.4, -0.2) is 31.0 Å². The van der Waals surface area contributed by atoms with Crippen molar-refractivity contribution in [3.8, 4) is 34.4 Å². The van der Waals surface area contributed by atoms with Gasteiger partial charge in [-0.1, -0.05) is 24.3 Å². The summed E-state index contributed by atoms with van der Waals surface area (Å²) in [7, 11) is 0. The Morgan fingerprint density at radius 1 is 0.724 bits per heavy atom. The van der Waals surface area contributed by atoms with Crippen LogP contribution in [0.25, 0.3) is 11.1 Å². The van der Waals surface area contributed by atoms with Crippen LogP contribution in [0.4, 0.5) is 0 Å². The van der Waals surface area contributed by atoms with Crippen molar-refractivity contribution in [1.82, 2.24) is 0 Å². The van der Waals surface area contributed by atoms with Gasteiger partial charge in [-0.05, 0) is 66.6 Å². The molecule has 0 spiro atoms. The van der Waals surface area contributed by atoms with Crippen LogP contribution in [0.2, 0.25) is 0 Å². The van der Waals surface area contributed by atoms with E-state index in [4.69, 9.17) is 19.5 Å². The lowest BCUT2D eigenvalue weighted by Crippen LogP contribution is -2.25. The average molecular weight is 389 g/mol. The maximum absolute atomic E-state index is 10.1. The van der Waals surface area contributed by atoms with Gasteiger partial charge < -0.3 is 19.3 Å². The minimum atomic E-state index is -0.750. The topological polar surface area (TPSA) is 71.7 Å². The number of hydrogen-bond acceptors (Lipinski definition) is 5. The van der Waals surface area contributed by atoms with E-state index in [0.717, 1.165) is 16.9 Å². The lowest BCUT2D eigenvalue weighted by atomic mass is 10.0. The molecule has 0 aliphatic heterocycles. The first-order chi connectivity index (χ1) is 14.2. The summed E-state index contributed by atoms with van der Waals surface area (Å²) in [4.78, 5) is 0. The predicted molar refractivity (Wildman–Crippen MR) is 111 cm³/mol. The molecule has 5 heteroatoms. The van der Waals surface area contributed by atoms with Gasteiger partial charge in [0, 0.05) is 0 Å². The van der Waals surface area contributed by atoms with Crippen LogP contribution in [0.5, 0.6) is 17.2 Å². The van der Waals surface area contributed by atoms with Crippen LogP contribution in [-0.2, 0) is 0 Å². The number of hydrogen-bond donors (Lipinski definition) is 1. The summed E-state index contributed by atoms with van der Waals surface area (Å²) in [6.45, 7) is 2.82. The molecule has 0 radical (unpaired) electrons. The molecule has 148 valence electrons. The molecule has 0 aromatic heterocycles. The zero-order valence-electron chi connectivity index (χ0n) is 16.2. The molecule has 0 unspecified atom stereocenters. The van der Waals surface area contributed by atoms with Gasteiger partial charge in [0.15, 0.2) is 0 Å². The van der Waals surface area contributed by atoms with E-state index >= 15 is 0 Å². The Morgan fingerprint density at radius 2 is 1.14 bits per heavy atom. The van der Waals surface area contributed by atoms with Crippen molar-refractivity contribution >= 4 is 0 Å². The first kappa shape index (κ1) is 20.2. The molecule has 0 heterocycles. The van der Waals surface area contributed by atoms with Crippen molar-refractivity contribution in [1.29, 1.82) is 5.26 Å². The highest BCUT2D eigenvalue weighted by molar-refractivity contribution is 5.64. The summed E-state index contributed by atoms with van der Waals surface area (Å²) in [5.74, 6) is 2.12. The van der Waals surface area contributed by atoms with Crippen LogP contribution in [0, 0.1) is 11.3 Å². The standard InChI is InChI=1S/C24H23NO4/c1-2-27-22-11-13-24(14-12-22)29-17-21(26)16-28-23-9-7-20(8-10-23)19-5-3-18(15-25)4-6-19/h3-14,21,26H,2,16-17H2,1H3/t21-/m1/s1. The maximum atomic E-state index is 10.1. The Hall–Kier alpha value is -3.49. The highest BCUT2D eigenvalue weighted by Gasteiger charge is 2.07. The van der Waals surface area contributed by atoms with E-state index in [2.05, 4.69) is 6.07 Å². The largest absolute Gasteiger partial charge is 0.494 e. The van der Waals surface area contributed by atoms with Gasteiger partial charge in [0.25, 0.3) is 0 Å². The van der Waals surface area contributed by atoms with E-state index in [1.54, 1.807) is 24.3 Å². The Morgan fingerprint density at radius 3 is 1.59 bits per heavy atom. The molecule has 0 bridgehead atoms. The van der Waals surface area contributed by atoms with Gasteiger partial charge in [-0.2, -0.15) is 5.26 Å². The van der Waals surface area contributed by atoms with Gasteiger partial charge in [-0.3, -0.25) is 0 Å². The van der Waals surface area contributed by atoms with Crippen molar-refractivity contribution in [3.63, 3.8) is 0 Å². The molecule has 0 amide bonds. The van der Waals surface area contributed by atoms with Gasteiger partial charge in [0.05, 0.1) is 18.2 Å². The molecule has 3 aromatic carbocycles. The normalized spacial score (nSPS) is 11.3. The Bertz CT molecular complexity index is 929. The van der Waals surface area contributed by atoms with E-state index < -0.39 is 6.10 Å². The summed E-state index contributed by atoms with van der Waals surface area (Å²) >= 11 is 0. The number of benzene rings is 3. The van der Waals surface area contributed by atoms with Crippen molar-refractivity contribution in [2.45, 2.75) is 13.0 Å². The van der Waals surface area contributed by atoms with Crippen LogP contribution in [0.3, 0.4) is 0 Å². The fourth-order valence-corrected chi connectivity index (χ4v) is 2.71. The summed E-state index contributed by atoms with van der Waals surface area (Å²) < 4.78 is 16.6. The minimum Gasteiger partial charge on any atom is -0.494 e. The van der Waals surface area contributed by atoms with E-state index in [0.29, 0.717) is 23.7 Å². The third-order valence-electron chi connectivity index (χ3n) is 4.22. The summed E-state index contributed by atoms with van der Waals surface area (Å²) in [5.41, 5.74) is 2.69. The highest BCUT2D eigenvalue weighted by Crippen LogP contribution is 2.23. The molecule has 29 heavy (non-hydrogen) atoms. The third-order valence-corrected chi connectivity index (χ3v) is 4.22. The number of nitriles is 1. The summed E-state index contributed by atoms with van der Waals surface area (Å²) in [5, 5.41) is 19.0. The molecule has 3 aromatic rings. The predicted octanol–water partition coefficient (Wildman–Crippen LogP) is 4.44. The fourth-order valence-electron chi connectivity index (χ4n) is 2.71. The van der Waals surface area contributed by atoms with Gasteiger partial charge >= 0.3 is 0 Å². The lowest BCUT2D eigenvalue weighted by Gasteiger charge is -2.14. The smallest absolute Gasteiger partial charge is 0.122 e. The minimum absolute atomic E-state index is 0.132. The quantitative estimate of drug-likeness (QED) is 0.586. The summed E-state index contributed by atoms with van der Waals surface area (Å²) in [6.07, 6.45) is -0.750. The molecule has 0 saturated carbocycles. The number of nitrogens with zero attached hydrogens (tertiary/aromatic N) is 1. The lowest BCUT2D eigenvalue weighted by molar-refractivity contribution is 0.0626. The SMILES string of the molecule is CCOc1ccc(OC[C@H](O)COc2ccc(-c3ccc(C#N)cc3)cc2)cc1. The molecule has 0 saturated heterocycles. The first-order valence-electron chi connectivity index (χ1n) is 9.45. The average Bonchev–Trinajstić information content (AvgIpc) is 2.78. The van der Waals surface area contributed by atoms with Crippen molar-refractivity contribution in [2.75, 3.05) is 19.8 Å². The number of ether oxygens (including phenoxy) is 3. The second-order valence-electron chi connectivity index (χ2n) is 6.39. The molecule has 0 aliphatic carbocycles. The Kier molecular flexibility index (Phi) is 7.10. The number of rotatable bonds is 9. The molecular weight excluding hydrogens is 366 g/mol. The number of aliphatic hydroxyl groups is 1. The molecular formula is C24H23NO4. The van der Waals surface area contributed by atoms with Gasteiger partial charge in [0.2, 0.25) is 0 Å². The van der Waals surface area contributed by atoms with E-state index in [1.165, 1.54) is 0 Å². The van der Waals surface area contributed by atoms with Crippen LogP contribution < -0.4 is 14.2 Å². The summed E-state index contributed by atoms with van der Waals surface area (Å²) in [6, 6.07) is 24.4. The van der Waals surface area contributed by atoms with Crippen LogP contribution >= 0.6 is 0 Å². The van der Waals surface area contributed by atoms with E-state index in [-0.39, 0.29) is 13.2 Å². The van der Waals surface area contributed by atoms with Crippen LogP contribution in [0.1, 0.15) is 12.5 Å². The molecule has 0 fully saturated rings. The van der Waals surface area contributed by atoms with Crippen molar-refractivity contribution < 1.29 is 19.3 Å². The first-order valence-corrected chi connectivity index (χ1v) is 9.45. The second kappa shape index (κ2) is 10.2. The zero-order chi connectivity index (χ0) is 20.5. The zero-order valence-corrected chi connectivity index (χ0v) is 16.2. The Balaban J connectivity index is 1.46. The molecule has 5 nitrogen and oxygen atoms in total. The number of aliphatic hydroxyl groups excluding tert-OH is 1. The van der Waals surface area contributed by atoms with E-state index in [9.17, 15) is 5.11 Å². The van der Waals surface area contributed by atoms with Gasteiger partial charge in [-0.25, -0.2) is 0 Å². The Labute approximate surface area is 170 Å². The monoisotopic (exact) mass is 389 g/mol. The third kappa shape index (κ3) is 6.00. The fraction of sp³-hybridized carbons (Fsp3) is 0.208. The molecule has 3 rings (SSSR count). The maximum Gasteiger partial charge on any atom is 0.122 e. The highest BCUT2D eigenvalue weighted by atomic mass is 16.5. The van der Waals surface area contributed by atoms with Crippen LogP contribution in [0.15, 0.2) is 72.8 Å². The van der Waals surface area contributed by atoms with Crippen molar-refractivity contribution in [2.24, 2.45) is 0 Å². The van der Waals surface area contributed by atoms with Gasteiger partial charge in [0.1, 0.15) is 36.6 Å². The van der Waals surface area contributed by atoms with Gasteiger partial charge in [-0.15, -0.1) is 0 Å². The van der Waals surface area contributed by atoms with E-state index in [1.807, 2.05) is 55.5 Å². The second-order valence-corrected chi connectivity index (χ2v) is 6.39. The molecule has 0 aliphatic rings.